The van der Waals surface area contributed by atoms with Gasteiger partial charge in [0.05, 0.1) is 0 Å². The Kier molecular flexibility index (Phi) is 3.11. The summed E-state index contributed by atoms with van der Waals surface area (Å²) < 4.78 is 0. The van der Waals surface area contributed by atoms with Crippen LogP contribution >= 0.6 is 0 Å². The van der Waals surface area contributed by atoms with Crippen LogP contribution in [-0.2, 0) is 6.54 Å². The van der Waals surface area contributed by atoms with Gasteiger partial charge in [0, 0.05) is 30.9 Å². The monoisotopic (exact) mass is 238 g/mol. The number of hydrogen-bond donors (Lipinski definition) is 1. The Morgan fingerprint density at radius 1 is 1.22 bits per heavy atom. The predicted octanol–water partition coefficient (Wildman–Crippen LogP) is 3.04. The van der Waals surface area contributed by atoms with Crippen LogP contribution in [0.3, 0.4) is 0 Å². The van der Waals surface area contributed by atoms with E-state index in [0.717, 1.165) is 6.54 Å². The van der Waals surface area contributed by atoms with Crippen molar-refractivity contribution in [3.8, 4) is 0 Å². The molecule has 92 valence electrons. The maximum atomic E-state index is 4.18. The van der Waals surface area contributed by atoms with E-state index in [4.69, 9.17) is 0 Å². The first kappa shape index (κ1) is 11.4. The first-order valence-corrected chi connectivity index (χ1v) is 6.52. The first-order valence-electron chi connectivity index (χ1n) is 6.52. The van der Waals surface area contributed by atoms with E-state index >= 15 is 0 Å². The molecule has 1 aromatic carbocycles. The molecule has 18 heavy (non-hydrogen) atoms. The largest absolute Gasteiger partial charge is 0.309 e. The van der Waals surface area contributed by atoms with E-state index < -0.39 is 0 Å². The van der Waals surface area contributed by atoms with Crippen LogP contribution in [0.4, 0.5) is 0 Å². The molecule has 2 heteroatoms. The van der Waals surface area contributed by atoms with Gasteiger partial charge in [-0.2, -0.15) is 0 Å². The van der Waals surface area contributed by atoms with Crippen molar-refractivity contribution >= 4 is 0 Å². The molecule has 2 nitrogen and oxygen atoms in total. The van der Waals surface area contributed by atoms with E-state index in [1.807, 2.05) is 12.4 Å². The van der Waals surface area contributed by atoms with Gasteiger partial charge >= 0.3 is 0 Å². The Morgan fingerprint density at radius 3 is 2.83 bits per heavy atom. The smallest absolute Gasteiger partial charge is 0.0315 e. The Hall–Kier alpha value is -1.67. The van der Waals surface area contributed by atoms with Gasteiger partial charge in [0.25, 0.3) is 0 Å². The summed E-state index contributed by atoms with van der Waals surface area (Å²) in [5.41, 5.74) is 4.07. The molecule has 2 unspecified atom stereocenters. The minimum absolute atomic E-state index is 0.631. The number of benzene rings is 1. The molecule has 0 spiro atoms. The number of aromatic nitrogens is 1. The number of hydrogen-bond acceptors (Lipinski definition) is 2. The van der Waals surface area contributed by atoms with Crippen LogP contribution in [0.25, 0.3) is 0 Å². The highest BCUT2D eigenvalue weighted by Crippen LogP contribution is 2.40. The molecule has 0 bridgehead atoms. The van der Waals surface area contributed by atoms with Gasteiger partial charge in [0.1, 0.15) is 0 Å². The van der Waals surface area contributed by atoms with E-state index in [2.05, 4.69) is 53.6 Å². The number of aryl methyl sites for hydroxylation is 1. The predicted molar refractivity (Wildman–Crippen MR) is 73.4 cm³/mol. The number of nitrogens with zero attached hydrogens (tertiary/aromatic N) is 1. The lowest BCUT2D eigenvalue weighted by molar-refractivity contribution is 0.668. The zero-order chi connectivity index (χ0) is 12.4. The fourth-order valence-electron chi connectivity index (χ4n) is 2.41. The Labute approximate surface area is 108 Å². The van der Waals surface area contributed by atoms with Gasteiger partial charge in [-0.1, -0.05) is 30.3 Å². The standard InChI is InChI=1S/C16H18N2/c1-12-7-8-17-10-14(12)11-18-16-9-15(16)13-5-3-2-4-6-13/h2-8,10,15-16,18H,9,11H2,1H3. The van der Waals surface area contributed by atoms with Crippen LogP contribution in [0.2, 0.25) is 0 Å². The molecular weight excluding hydrogens is 220 g/mol. The number of rotatable bonds is 4. The van der Waals surface area contributed by atoms with Gasteiger partial charge in [-0.25, -0.2) is 0 Å². The lowest BCUT2D eigenvalue weighted by atomic mass is 10.1. The van der Waals surface area contributed by atoms with Crippen LogP contribution < -0.4 is 5.32 Å². The zero-order valence-corrected chi connectivity index (χ0v) is 10.6. The molecular formula is C16H18N2. The van der Waals surface area contributed by atoms with Crippen LogP contribution in [0.5, 0.6) is 0 Å². The van der Waals surface area contributed by atoms with E-state index in [0.29, 0.717) is 12.0 Å². The number of pyridine rings is 1. The second-order valence-electron chi connectivity index (χ2n) is 5.04. The minimum atomic E-state index is 0.631. The summed E-state index contributed by atoms with van der Waals surface area (Å²) in [4.78, 5) is 4.18. The number of nitrogens with one attached hydrogen (secondary N) is 1. The molecule has 0 amide bonds. The van der Waals surface area contributed by atoms with E-state index in [1.54, 1.807) is 0 Å². The highest BCUT2D eigenvalue weighted by atomic mass is 15.0. The molecule has 2 atom stereocenters. The average molecular weight is 238 g/mol. The second kappa shape index (κ2) is 4.91. The molecule has 1 fully saturated rings. The lowest BCUT2D eigenvalue weighted by Gasteiger charge is -2.06. The van der Waals surface area contributed by atoms with Crippen LogP contribution in [-0.4, -0.2) is 11.0 Å². The highest BCUT2D eigenvalue weighted by Gasteiger charge is 2.37. The summed E-state index contributed by atoms with van der Waals surface area (Å²) in [6, 6.07) is 13.5. The third kappa shape index (κ3) is 2.44. The second-order valence-corrected chi connectivity index (χ2v) is 5.04. The quantitative estimate of drug-likeness (QED) is 0.885. The summed E-state index contributed by atoms with van der Waals surface area (Å²) in [6.45, 7) is 3.06. The van der Waals surface area contributed by atoms with Gasteiger partial charge in [-0.3, -0.25) is 4.98 Å². The Balaban J connectivity index is 1.56. The fourth-order valence-corrected chi connectivity index (χ4v) is 2.41. The maximum Gasteiger partial charge on any atom is 0.0315 e. The van der Waals surface area contributed by atoms with Crippen molar-refractivity contribution in [2.45, 2.75) is 31.8 Å². The fraction of sp³-hybridized carbons (Fsp3) is 0.312. The summed E-state index contributed by atoms with van der Waals surface area (Å²) in [7, 11) is 0. The van der Waals surface area contributed by atoms with Gasteiger partial charge in [0.15, 0.2) is 0 Å². The highest BCUT2D eigenvalue weighted by molar-refractivity contribution is 5.28. The molecule has 0 radical (unpaired) electrons. The van der Waals surface area contributed by atoms with Crippen molar-refractivity contribution in [1.82, 2.24) is 10.3 Å². The van der Waals surface area contributed by atoms with Crippen molar-refractivity contribution < 1.29 is 0 Å². The van der Waals surface area contributed by atoms with E-state index in [9.17, 15) is 0 Å². The van der Waals surface area contributed by atoms with Gasteiger partial charge in [-0.05, 0) is 36.1 Å². The normalized spacial score (nSPS) is 21.8. The van der Waals surface area contributed by atoms with Crippen molar-refractivity contribution in [2.24, 2.45) is 0 Å². The first-order chi connectivity index (χ1) is 8.84. The lowest BCUT2D eigenvalue weighted by Crippen LogP contribution is -2.18. The SMILES string of the molecule is Cc1ccncc1CNC1CC1c1ccccc1. The van der Waals surface area contributed by atoms with Crippen molar-refractivity contribution in [1.29, 1.82) is 0 Å². The molecule has 0 aliphatic heterocycles. The summed E-state index contributed by atoms with van der Waals surface area (Å²) in [5.74, 6) is 0.697. The van der Waals surface area contributed by atoms with Crippen molar-refractivity contribution in [3.05, 3.63) is 65.5 Å². The summed E-state index contributed by atoms with van der Waals surface area (Å²) in [6.07, 6.45) is 5.06. The third-order valence-electron chi connectivity index (χ3n) is 3.72. The summed E-state index contributed by atoms with van der Waals surface area (Å²) >= 11 is 0. The molecule has 1 heterocycles. The zero-order valence-electron chi connectivity index (χ0n) is 10.6. The van der Waals surface area contributed by atoms with Gasteiger partial charge in [0.2, 0.25) is 0 Å². The van der Waals surface area contributed by atoms with Crippen LogP contribution in [0.1, 0.15) is 29.0 Å². The molecule has 1 saturated carbocycles. The Morgan fingerprint density at radius 2 is 2.06 bits per heavy atom. The topological polar surface area (TPSA) is 24.9 Å². The molecule has 1 aliphatic carbocycles. The van der Waals surface area contributed by atoms with Gasteiger partial charge < -0.3 is 5.32 Å². The molecule has 1 aromatic heterocycles. The average Bonchev–Trinajstić information content (AvgIpc) is 3.18. The van der Waals surface area contributed by atoms with E-state index in [1.165, 1.54) is 23.1 Å². The molecule has 0 saturated heterocycles. The van der Waals surface area contributed by atoms with Gasteiger partial charge in [-0.15, -0.1) is 0 Å². The molecule has 1 aliphatic rings. The van der Waals surface area contributed by atoms with Crippen molar-refractivity contribution in [2.75, 3.05) is 0 Å². The molecule has 2 aromatic rings. The van der Waals surface area contributed by atoms with E-state index in [-0.39, 0.29) is 0 Å². The molecule has 3 rings (SSSR count). The minimum Gasteiger partial charge on any atom is -0.309 e. The molecule has 1 N–H and O–H groups in total. The maximum absolute atomic E-state index is 4.18. The third-order valence-corrected chi connectivity index (χ3v) is 3.72. The summed E-state index contributed by atoms with van der Waals surface area (Å²) in [5, 5.41) is 3.62. The Bertz CT molecular complexity index is 522. The van der Waals surface area contributed by atoms with Crippen LogP contribution in [0, 0.1) is 6.92 Å². The van der Waals surface area contributed by atoms with Crippen LogP contribution in [0.15, 0.2) is 48.8 Å². The van der Waals surface area contributed by atoms with Crippen molar-refractivity contribution in [3.63, 3.8) is 0 Å².